The van der Waals surface area contributed by atoms with Crippen molar-refractivity contribution in [3.8, 4) is 0 Å². The lowest BCUT2D eigenvalue weighted by Crippen LogP contribution is -2.22. The summed E-state index contributed by atoms with van der Waals surface area (Å²) in [5.74, 6) is 1.10. The maximum absolute atomic E-state index is 6.01. The molecule has 20 heavy (non-hydrogen) atoms. The maximum Gasteiger partial charge on any atom is 0.134 e. The predicted octanol–water partition coefficient (Wildman–Crippen LogP) is 3.82. The molecule has 2 unspecified atom stereocenters. The van der Waals surface area contributed by atoms with Gasteiger partial charge in [0.05, 0.1) is 6.10 Å². The molecule has 1 aromatic carbocycles. The number of aryl methyl sites for hydroxylation is 1. The van der Waals surface area contributed by atoms with E-state index in [4.69, 9.17) is 9.15 Å². The van der Waals surface area contributed by atoms with Gasteiger partial charge in [0.2, 0.25) is 0 Å². The molecular weight excluding hydrogens is 250 g/mol. The average Bonchev–Trinajstić information content (AvgIpc) is 3.11. The highest BCUT2D eigenvalue weighted by Gasteiger charge is 2.25. The summed E-state index contributed by atoms with van der Waals surface area (Å²) < 4.78 is 11.8. The van der Waals surface area contributed by atoms with Crippen molar-refractivity contribution in [3.63, 3.8) is 0 Å². The van der Waals surface area contributed by atoms with E-state index < -0.39 is 0 Å². The fourth-order valence-corrected chi connectivity index (χ4v) is 3.23. The second-order valence-electron chi connectivity index (χ2n) is 5.50. The molecule has 3 rings (SSSR count). The number of rotatable bonds is 5. The van der Waals surface area contributed by atoms with Crippen molar-refractivity contribution in [3.05, 3.63) is 35.6 Å². The largest absolute Gasteiger partial charge is 0.461 e. The van der Waals surface area contributed by atoms with Crippen molar-refractivity contribution in [1.82, 2.24) is 5.32 Å². The van der Waals surface area contributed by atoms with Crippen LogP contribution in [0.25, 0.3) is 11.0 Å². The van der Waals surface area contributed by atoms with E-state index in [9.17, 15) is 0 Å². The Hall–Kier alpha value is -1.32. The number of hydrogen-bond donors (Lipinski definition) is 1. The summed E-state index contributed by atoms with van der Waals surface area (Å²) in [6, 6.07) is 8.63. The van der Waals surface area contributed by atoms with Crippen LogP contribution < -0.4 is 5.32 Å². The van der Waals surface area contributed by atoms with Crippen LogP contribution in [0.2, 0.25) is 0 Å². The molecule has 0 saturated carbocycles. The van der Waals surface area contributed by atoms with Gasteiger partial charge in [-0.1, -0.05) is 25.1 Å². The number of ether oxygens (including phenoxy) is 1. The Morgan fingerprint density at radius 3 is 2.90 bits per heavy atom. The molecule has 1 saturated heterocycles. The average molecular weight is 273 g/mol. The molecule has 1 aliphatic heterocycles. The predicted molar refractivity (Wildman–Crippen MR) is 81.0 cm³/mol. The lowest BCUT2D eigenvalue weighted by Gasteiger charge is -2.20. The molecule has 0 aliphatic carbocycles. The molecule has 3 nitrogen and oxygen atoms in total. The van der Waals surface area contributed by atoms with Crippen LogP contribution >= 0.6 is 0 Å². The number of nitrogens with one attached hydrogen (secondary N) is 1. The van der Waals surface area contributed by atoms with E-state index in [1.165, 1.54) is 23.8 Å². The third-order valence-corrected chi connectivity index (χ3v) is 4.25. The molecule has 0 amide bonds. The molecule has 1 aromatic heterocycles. The van der Waals surface area contributed by atoms with Crippen LogP contribution in [-0.2, 0) is 11.2 Å². The summed E-state index contributed by atoms with van der Waals surface area (Å²) in [6.07, 6.45) is 4.69. The molecule has 1 fully saturated rings. The van der Waals surface area contributed by atoms with Crippen LogP contribution in [-0.4, -0.2) is 19.8 Å². The van der Waals surface area contributed by atoms with Gasteiger partial charge in [0.1, 0.15) is 11.3 Å². The zero-order valence-corrected chi connectivity index (χ0v) is 12.3. The Bertz CT molecular complexity index is 569. The molecule has 108 valence electrons. The highest BCUT2D eigenvalue weighted by molar-refractivity contribution is 5.82. The molecule has 2 heterocycles. The van der Waals surface area contributed by atoms with Gasteiger partial charge < -0.3 is 14.5 Å². The van der Waals surface area contributed by atoms with Crippen molar-refractivity contribution in [2.45, 2.75) is 44.8 Å². The zero-order valence-electron chi connectivity index (χ0n) is 12.3. The molecule has 3 heteroatoms. The van der Waals surface area contributed by atoms with E-state index >= 15 is 0 Å². The van der Waals surface area contributed by atoms with Crippen LogP contribution in [0.4, 0.5) is 0 Å². The van der Waals surface area contributed by atoms with Gasteiger partial charge in [-0.05, 0) is 32.4 Å². The zero-order chi connectivity index (χ0) is 13.9. The quantitative estimate of drug-likeness (QED) is 0.899. The van der Waals surface area contributed by atoms with Crippen molar-refractivity contribution >= 4 is 11.0 Å². The fraction of sp³-hybridized carbons (Fsp3) is 0.529. The standard InChI is InChI=1S/C17H23NO2/c1-3-15-17(13-8-4-5-9-16(13)20-15)14(18-2)11-12-7-6-10-19-12/h4-5,8-9,12,14,18H,3,6-7,10-11H2,1-2H3. The van der Waals surface area contributed by atoms with E-state index in [-0.39, 0.29) is 0 Å². The highest BCUT2D eigenvalue weighted by atomic mass is 16.5. The van der Waals surface area contributed by atoms with Crippen LogP contribution in [0.5, 0.6) is 0 Å². The summed E-state index contributed by atoms with van der Waals surface area (Å²) in [7, 11) is 2.03. The first-order valence-corrected chi connectivity index (χ1v) is 7.62. The first-order chi connectivity index (χ1) is 9.83. The molecule has 2 aromatic rings. The first kappa shape index (κ1) is 13.7. The van der Waals surface area contributed by atoms with E-state index in [1.54, 1.807) is 0 Å². The lowest BCUT2D eigenvalue weighted by atomic mass is 9.96. The minimum atomic E-state index is 0.302. The Kier molecular flexibility index (Phi) is 4.08. The topological polar surface area (TPSA) is 34.4 Å². The number of furan rings is 1. The molecular formula is C17H23NO2. The Morgan fingerprint density at radius 1 is 1.35 bits per heavy atom. The maximum atomic E-state index is 6.01. The van der Waals surface area contributed by atoms with Gasteiger partial charge in [0.25, 0.3) is 0 Å². The Balaban J connectivity index is 1.96. The third-order valence-electron chi connectivity index (χ3n) is 4.25. The fourth-order valence-electron chi connectivity index (χ4n) is 3.23. The van der Waals surface area contributed by atoms with Gasteiger partial charge in [0, 0.05) is 30.0 Å². The van der Waals surface area contributed by atoms with Gasteiger partial charge in [-0.25, -0.2) is 0 Å². The van der Waals surface area contributed by atoms with Crippen LogP contribution in [0.1, 0.15) is 43.6 Å². The van der Waals surface area contributed by atoms with Crippen molar-refractivity contribution < 1.29 is 9.15 Å². The molecule has 1 N–H and O–H groups in total. The van der Waals surface area contributed by atoms with Crippen molar-refractivity contribution in [1.29, 1.82) is 0 Å². The molecule has 0 spiro atoms. The van der Waals surface area contributed by atoms with Crippen molar-refractivity contribution in [2.75, 3.05) is 13.7 Å². The molecule has 2 atom stereocenters. The van der Waals surface area contributed by atoms with Gasteiger partial charge >= 0.3 is 0 Å². The van der Waals surface area contributed by atoms with Gasteiger partial charge in [0.15, 0.2) is 0 Å². The smallest absolute Gasteiger partial charge is 0.134 e. The molecule has 0 bridgehead atoms. The van der Waals surface area contributed by atoms with E-state index in [1.807, 2.05) is 13.1 Å². The van der Waals surface area contributed by atoms with Crippen LogP contribution in [0.3, 0.4) is 0 Å². The van der Waals surface area contributed by atoms with Crippen LogP contribution in [0, 0.1) is 0 Å². The van der Waals surface area contributed by atoms with E-state index in [0.29, 0.717) is 12.1 Å². The summed E-state index contributed by atoms with van der Waals surface area (Å²) in [4.78, 5) is 0. The third kappa shape index (κ3) is 2.48. The normalized spacial score (nSPS) is 20.6. The number of para-hydroxylation sites is 1. The molecule has 1 aliphatic rings. The minimum Gasteiger partial charge on any atom is -0.461 e. The summed E-state index contributed by atoms with van der Waals surface area (Å²) in [5, 5.41) is 4.70. The van der Waals surface area contributed by atoms with Crippen molar-refractivity contribution in [2.24, 2.45) is 0 Å². The number of benzene rings is 1. The highest BCUT2D eigenvalue weighted by Crippen LogP contribution is 2.34. The summed E-state index contributed by atoms with van der Waals surface area (Å²) >= 11 is 0. The van der Waals surface area contributed by atoms with Crippen LogP contribution in [0.15, 0.2) is 28.7 Å². The second-order valence-corrected chi connectivity index (χ2v) is 5.50. The number of fused-ring (bicyclic) bond motifs is 1. The summed E-state index contributed by atoms with van der Waals surface area (Å²) in [6.45, 7) is 3.06. The minimum absolute atomic E-state index is 0.302. The van der Waals surface area contributed by atoms with Gasteiger partial charge in [-0.15, -0.1) is 0 Å². The van der Waals surface area contributed by atoms with E-state index in [0.717, 1.165) is 30.8 Å². The van der Waals surface area contributed by atoms with E-state index in [2.05, 4.69) is 30.4 Å². The monoisotopic (exact) mass is 273 g/mol. The Morgan fingerprint density at radius 2 is 2.20 bits per heavy atom. The summed E-state index contributed by atoms with van der Waals surface area (Å²) in [5.41, 5.74) is 2.31. The second kappa shape index (κ2) is 5.98. The SMILES string of the molecule is CCc1oc2ccccc2c1C(CC1CCCO1)NC. The number of hydrogen-bond acceptors (Lipinski definition) is 3. The van der Waals surface area contributed by atoms with Gasteiger partial charge in [-0.3, -0.25) is 0 Å². The Labute approximate surface area is 120 Å². The first-order valence-electron chi connectivity index (χ1n) is 7.62. The van der Waals surface area contributed by atoms with Gasteiger partial charge in [-0.2, -0.15) is 0 Å². The molecule has 0 radical (unpaired) electrons. The lowest BCUT2D eigenvalue weighted by molar-refractivity contribution is 0.0953.